The predicted octanol–water partition coefficient (Wildman–Crippen LogP) is 3.14. The van der Waals surface area contributed by atoms with Crippen molar-refractivity contribution in [1.82, 2.24) is 20.1 Å². The molecule has 0 radical (unpaired) electrons. The van der Waals surface area contributed by atoms with Crippen LogP contribution in [0.5, 0.6) is 0 Å². The van der Waals surface area contributed by atoms with Gasteiger partial charge in [0.05, 0.1) is 6.54 Å². The normalized spacial score (nSPS) is 14.0. The van der Waals surface area contributed by atoms with Crippen LogP contribution in [0.2, 0.25) is 0 Å². The number of benzene rings is 1. The second kappa shape index (κ2) is 13.2. The van der Waals surface area contributed by atoms with E-state index in [-0.39, 0.29) is 29.9 Å². The number of carbonyl (C=O) groups excluding carboxylic acids is 1. The first kappa shape index (κ1) is 25.9. The summed E-state index contributed by atoms with van der Waals surface area (Å²) in [6.45, 7) is 9.28. The van der Waals surface area contributed by atoms with Gasteiger partial charge in [-0.05, 0) is 31.5 Å². The zero-order valence-electron chi connectivity index (χ0n) is 19.3. The molecule has 1 amide bonds. The highest BCUT2D eigenvalue weighted by molar-refractivity contribution is 14.0. The molecule has 0 spiro atoms. The lowest BCUT2D eigenvalue weighted by Crippen LogP contribution is -2.49. The monoisotopic (exact) mass is 550 g/mol. The molecule has 1 fully saturated rings. The van der Waals surface area contributed by atoms with Crippen LogP contribution in [0.4, 0.5) is 5.82 Å². The molecule has 1 N–H and O–H groups in total. The molecular weight excluding hydrogens is 515 g/mol. The third-order valence-electron chi connectivity index (χ3n) is 5.43. The number of hydrogen-bond donors (Lipinski definition) is 1. The third kappa shape index (κ3) is 7.65. The topological polar surface area (TPSA) is 64.1 Å². The van der Waals surface area contributed by atoms with Gasteiger partial charge in [0.1, 0.15) is 5.82 Å². The molecule has 7 nitrogen and oxygen atoms in total. The molecule has 1 aromatic carbocycles. The number of piperazine rings is 1. The number of guanidine groups is 1. The number of anilines is 1. The molecule has 8 heteroatoms. The van der Waals surface area contributed by atoms with Crippen molar-refractivity contribution in [3.05, 3.63) is 59.8 Å². The summed E-state index contributed by atoms with van der Waals surface area (Å²) in [7, 11) is 2.03. The zero-order chi connectivity index (χ0) is 22.1. The Morgan fingerprint density at radius 2 is 1.84 bits per heavy atom. The fraction of sp³-hybridized carbons (Fsp3) is 0.458. The molecule has 174 valence electrons. The Labute approximate surface area is 208 Å². The van der Waals surface area contributed by atoms with Crippen molar-refractivity contribution < 1.29 is 4.79 Å². The fourth-order valence-electron chi connectivity index (χ4n) is 3.65. The van der Waals surface area contributed by atoms with E-state index in [2.05, 4.69) is 63.2 Å². The maximum absolute atomic E-state index is 12.7. The van der Waals surface area contributed by atoms with E-state index in [0.29, 0.717) is 13.0 Å². The number of aryl methyl sites for hydroxylation is 1. The molecule has 0 bridgehead atoms. The van der Waals surface area contributed by atoms with Gasteiger partial charge in [-0.3, -0.25) is 9.79 Å². The van der Waals surface area contributed by atoms with Crippen LogP contribution in [0.3, 0.4) is 0 Å². The van der Waals surface area contributed by atoms with E-state index in [4.69, 9.17) is 0 Å². The van der Waals surface area contributed by atoms with Crippen LogP contribution in [0.15, 0.2) is 53.7 Å². The average Bonchev–Trinajstić information content (AvgIpc) is 2.80. The Morgan fingerprint density at radius 1 is 1.12 bits per heavy atom. The van der Waals surface area contributed by atoms with Crippen molar-refractivity contribution in [1.29, 1.82) is 0 Å². The zero-order valence-corrected chi connectivity index (χ0v) is 21.7. The molecule has 2 heterocycles. The number of halogens is 1. The summed E-state index contributed by atoms with van der Waals surface area (Å²) in [6.07, 6.45) is 2.24. The lowest BCUT2D eigenvalue weighted by Gasteiger charge is -2.35. The van der Waals surface area contributed by atoms with Crippen LogP contribution >= 0.6 is 24.0 Å². The number of rotatable bonds is 7. The lowest BCUT2D eigenvalue weighted by molar-refractivity contribution is -0.131. The predicted molar refractivity (Wildman–Crippen MR) is 142 cm³/mol. The fourth-order valence-corrected chi connectivity index (χ4v) is 3.65. The molecule has 1 aromatic heterocycles. The molecule has 32 heavy (non-hydrogen) atoms. The molecule has 0 unspecified atom stereocenters. The quantitative estimate of drug-likeness (QED) is 0.326. The SMILES string of the molecule is CCNC(=NCCC(=O)N1CCN(c2ccccn2)CC1)N(C)Cc1ccc(C)cc1.I. The van der Waals surface area contributed by atoms with Crippen molar-refractivity contribution >= 4 is 41.7 Å². The number of pyridine rings is 1. The first-order valence-electron chi connectivity index (χ1n) is 11.1. The van der Waals surface area contributed by atoms with Crippen LogP contribution in [0.25, 0.3) is 0 Å². The van der Waals surface area contributed by atoms with Gasteiger partial charge in [0.2, 0.25) is 5.91 Å². The van der Waals surface area contributed by atoms with Gasteiger partial charge in [-0.1, -0.05) is 35.9 Å². The molecule has 0 saturated carbocycles. The van der Waals surface area contributed by atoms with Crippen LogP contribution < -0.4 is 10.2 Å². The van der Waals surface area contributed by atoms with Crippen LogP contribution in [-0.4, -0.2) is 73.0 Å². The number of carbonyl (C=O) groups is 1. The summed E-state index contributed by atoms with van der Waals surface area (Å²) in [5.41, 5.74) is 2.49. The average molecular weight is 550 g/mol. The summed E-state index contributed by atoms with van der Waals surface area (Å²) in [5, 5.41) is 3.33. The van der Waals surface area contributed by atoms with E-state index < -0.39 is 0 Å². The number of aliphatic imine (C=N–C) groups is 1. The first-order chi connectivity index (χ1) is 15.1. The maximum atomic E-state index is 12.7. The third-order valence-corrected chi connectivity index (χ3v) is 5.43. The Kier molecular flexibility index (Phi) is 10.7. The second-order valence-corrected chi connectivity index (χ2v) is 7.88. The van der Waals surface area contributed by atoms with Gasteiger partial charge in [-0.25, -0.2) is 4.98 Å². The van der Waals surface area contributed by atoms with E-state index >= 15 is 0 Å². The number of nitrogens with one attached hydrogen (secondary N) is 1. The number of amides is 1. The molecule has 2 aromatic rings. The Morgan fingerprint density at radius 3 is 2.47 bits per heavy atom. The molecular formula is C24H35IN6O. The molecule has 1 saturated heterocycles. The lowest BCUT2D eigenvalue weighted by atomic mass is 10.1. The van der Waals surface area contributed by atoms with Gasteiger partial charge in [-0.15, -0.1) is 24.0 Å². The molecule has 0 atom stereocenters. The van der Waals surface area contributed by atoms with E-state index in [1.807, 2.05) is 36.3 Å². The van der Waals surface area contributed by atoms with Gasteiger partial charge >= 0.3 is 0 Å². The van der Waals surface area contributed by atoms with E-state index in [9.17, 15) is 4.79 Å². The van der Waals surface area contributed by atoms with Crippen LogP contribution in [0.1, 0.15) is 24.5 Å². The van der Waals surface area contributed by atoms with Gasteiger partial charge in [0, 0.05) is 58.9 Å². The van der Waals surface area contributed by atoms with E-state index in [0.717, 1.165) is 51.0 Å². The summed E-state index contributed by atoms with van der Waals surface area (Å²) < 4.78 is 0. The van der Waals surface area contributed by atoms with Crippen LogP contribution in [0, 0.1) is 6.92 Å². The Bertz CT molecular complexity index is 851. The van der Waals surface area contributed by atoms with E-state index in [1.54, 1.807) is 0 Å². The van der Waals surface area contributed by atoms with E-state index in [1.165, 1.54) is 11.1 Å². The standard InChI is InChI=1S/C24H34N6O.HI/c1-4-25-24(28(3)19-21-10-8-20(2)9-11-21)27-14-12-23(31)30-17-15-29(16-18-30)22-7-5-6-13-26-22;/h5-11,13H,4,12,14-19H2,1-3H3,(H,25,27);1H. The Hall–Kier alpha value is -2.36. The number of aromatic nitrogens is 1. The van der Waals surface area contributed by atoms with Gasteiger partial charge in [-0.2, -0.15) is 0 Å². The second-order valence-electron chi connectivity index (χ2n) is 7.88. The van der Waals surface area contributed by atoms with Crippen molar-refractivity contribution in [3.63, 3.8) is 0 Å². The molecule has 0 aliphatic carbocycles. The molecule has 1 aliphatic heterocycles. The number of nitrogens with zero attached hydrogens (tertiary/aromatic N) is 5. The highest BCUT2D eigenvalue weighted by atomic mass is 127. The highest BCUT2D eigenvalue weighted by Crippen LogP contribution is 2.13. The molecule has 1 aliphatic rings. The maximum Gasteiger partial charge on any atom is 0.224 e. The van der Waals surface area contributed by atoms with Crippen molar-refractivity contribution in [2.75, 3.05) is 51.2 Å². The molecule has 3 rings (SSSR count). The summed E-state index contributed by atoms with van der Waals surface area (Å²) >= 11 is 0. The highest BCUT2D eigenvalue weighted by Gasteiger charge is 2.21. The number of hydrogen-bond acceptors (Lipinski definition) is 4. The minimum atomic E-state index is 0. The summed E-state index contributed by atoms with van der Waals surface area (Å²) in [6, 6.07) is 14.5. The first-order valence-corrected chi connectivity index (χ1v) is 11.1. The minimum Gasteiger partial charge on any atom is -0.357 e. The van der Waals surface area contributed by atoms with Gasteiger partial charge in [0.15, 0.2) is 5.96 Å². The minimum absolute atomic E-state index is 0. The Balaban J connectivity index is 0.00000363. The van der Waals surface area contributed by atoms with Gasteiger partial charge < -0.3 is 20.0 Å². The summed E-state index contributed by atoms with van der Waals surface area (Å²) in [5.74, 6) is 1.98. The smallest absolute Gasteiger partial charge is 0.224 e. The summed E-state index contributed by atoms with van der Waals surface area (Å²) in [4.78, 5) is 28.0. The van der Waals surface area contributed by atoms with Crippen molar-refractivity contribution in [2.24, 2.45) is 4.99 Å². The largest absolute Gasteiger partial charge is 0.357 e. The van der Waals surface area contributed by atoms with Crippen LogP contribution in [-0.2, 0) is 11.3 Å². The van der Waals surface area contributed by atoms with Gasteiger partial charge in [0.25, 0.3) is 0 Å². The van der Waals surface area contributed by atoms with Crippen molar-refractivity contribution in [2.45, 2.75) is 26.8 Å². The van der Waals surface area contributed by atoms with Crippen molar-refractivity contribution in [3.8, 4) is 0 Å².